The third kappa shape index (κ3) is 4.16. The van der Waals surface area contributed by atoms with Gasteiger partial charge in [0.2, 0.25) is 5.91 Å². The zero-order valence-electron chi connectivity index (χ0n) is 15.4. The summed E-state index contributed by atoms with van der Waals surface area (Å²) in [5, 5.41) is 0. The molecule has 1 saturated heterocycles. The van der Waals surface area contributed by atoms with Gasteiger partial charge in [0.1, 0.15) is 0 Å². The van der Waals surface area contributed by atoms with Crippen molar-refractivity contribution in [2.24, 2.45) is 5.73 Å². The first kappa shape index (κ1) is 18.6. The summed E-state index contributed by atoms with van der Waals surface area (Å²) in [5.74, 6) is -0.630. The molecule has 3 rings (SSSR count). The van der Waals surface area contributed by atoms with Crippen LogP contribution in [0, 0.1) is 0 Å². The minimum absolute atomic E-state index is 0.00411. The van der Waals surface area contributed by atoms with E-state index in [1.54, 1.807) is 34.1 Å². The van der Waals surface area contributed by atoms with Gasteiger partial charge < -0.3 is 15.5 Å². The Morgan fingerprint density at radius 1 is 0.741 bits per heavy atom. The predicted octanol–water partition coefficient (Wildman–Crippen LogP) is 1.95. The van der Waals surface area contributed by atoms with E-state index in [0.717, 1.165) is 6.42 Å². The molecule has 1 aliphatic heterocycles. The van der Waals surface area contributed by atoms with Crippen LogP contribution in [0.25, 0.3) is 0 Å². The van der Waals surface area contributed by atoms with Crippen molar-refractivity contribution in [2.45, 2.75) is 13.3 Å². The van der Waals surface area contributed by atoms with Crippen LogP contribution in [0.1, 0.15) is 43.6 Å². The second-order valence-electron chi connectivity index (χ2n) is 6.58. The lowest BCUT2D eigenvalue weighted by atomic mass is 10.1. The van der Waals surface area contributed by atoms with Gasteiger partial charge >= 0.3 is 0 Å². The smallest absolute Gasteiger partial charge is 0.253 e. The molecule has 1 heterocycles. The van der Waals surface area contributed by atoms with E-state index in [2.05, 4.69) is 6.92 Å². The molecule has 2 N–H and O–H groups in total. The number of hydrogen-bond acceptors (Lipinski definition) is 3. The molecule has 0 atom stereocenters. The number of nitrogens with zero attached hydrogens (tertiary/aromatic N) is 2. The number of aryl methyl sites for hydroxylation is 1. The van der Waals surface area contributed by atoms with Crippen molar-refractivity contribution in [3.05, 3.63) is 70.8 Å². The molecule has 0 unspecified atom stereocenters. The summed E-state index contributed by atoms with van der Waals surface area (Å²) >= 11 is 0. The fraction of sp³-hybridized carbons (Fsp3) is 0.286. The number of carbonyl (C=O) groups excluding carboxylic acids is 3. The van der Waals surface area contributed by atoms with Crippen molar-refractivity contribution in [3.8, 4) is 0 Å². The first-order valence-electron chi connectivity index (χ1n) is 9.07. The van der Waals surface area contributed by atoms with Gasteiger partial charge in [0.15, 0.2) is 0 Å². The Bertz CT molecular complexity index is 836. The molecule has 0 aromatic heterocycles. The van der Waals surface area contributed by atoms with E-state index < -0.39 is 5.91 Å². The Hall–Kier alpha value is -3.15. The first-order chi connectivity index (χ1) is 13.0. The lowest BCUT2D eigenvalue weighted by Gasteiger charge is -2.35. The van der Waals surface area contributed by atoms with Gasteiger partial charge in [-0.05, 0) is 48.4 Å². The normalized spacial score (nSPS) is 14.1. The molecular formula is C21H23N3O3. The maximum atomic E-state index is 12.6. The summed E-state index contributed by atoms with van der Waals surface area (Å²) in [7, 11) is 0. The maximum absolute atomic E-state index is 12.6. The second-order valence-corrected chi connectivity index (χ2v) is 6.58. The van der Waals surface area contributed by atoms with Crippen molar-refractivity contribution in [1.82, 2.24) is 9.80 Å². The quantitative estimate of drug-likeness (QED) is 0.899. The summed E-state index contributed by atoms with van der Waals surface area (Å²) in [6.45, 7) is 4.04. The number of amides is 3. The highest BCUT2D eigenvalue weighted by Crippen LogP contribution is 2.13. The predicted molar refractivity (Wildman–Crippen MR) is 103 cm³/mol. The van der Waals surface area contributed by atoms with E-state index in [4.69, 9.17) is 5.73 Å². The van der Waals surface area contributed by atoms with Crippen molar-refractivity contribution in [2.75, 3.05) is 26.2 Å². The van der Waals surface area contributed by atoms with Gasteiger partial charge in [-0.2, -0.15) is 0 Å². The monoisotopic (exact) mass is 365 g/mol. The highest BCUT2D eigenvalue weighted by Gasteiger charge is 2.25. The molecule has 3 amide bonds. The molecule has 140 valence electrons. The Balaban J connectivity index is 1.59. The van der Waals surface area contributed by atoms with E-state index >= 15 is 0 Å². The van der Waals surface area contributed by atoms with Crippen LogP contribution in [0.4, 0.5) is 0 Å². The Kier molecular flexibility index (Phi) is 5.54. The van der Waals surface area contributed by atoms with Gasteiger partial charge in [0.25, 0.3) is 11.8 Å². The van der Waals surface area contributed by atoms with Crippen LogP contribution in [-0.4, -0.2) is 53.7 Å². The SMILES string of the molecule is CCc1ccc(C(=O)N2CCN(C(=O)c3ccc(C(N)=O)cc3)CC2)cc1. The van der Waals surface area contributed by atoms with Gasteiger partial charge in [-0.3, -0.25) is 14.4 Å². The minimum Gasteiger partial charge on any atom is -0.366 e. The lowest BCUT2D eigenvalue weighted by molar-refractivity contribution is 0.0535. The Morgan fingerprint density at radius 3 is 1.48 bits per heavy atom. The highest BCUT2D eigenvalue weighted by atomic mass is 16.2. The summed E-state index contributed by atoms with van der Waals surface area (Å²) in [6, 6.07) is 14.0. The van der Waals surface area contributed by atoms with Crippen LogP contribution >= 0.6 is 0 Å². The second kappa shape index (κ2) is 8.03. The zero-order chi connectivity index (χ0) is 19.4. The van der Waals surface area contributed by atoms with Crippen LogP contribution in [0.2, 0.25) is 0 Å². The molecule has 0 radical (unpaired) electrons. The molecule has 1 aliphatic rings. The van der Waals surface area contributed by atoms with Gasteiger partial charge in [0.05, 0.1) is 0 Å². The van der Waals surface area contributed by atoms with Crippen LogP contribution < -0.4 is 5.73 Å². The molecule has 27 heavy (non-hydrogen) atoms. The maximum Gasteiger partial charge on any atom is 0.253 e. The van der Waals surface area contributed by atoms with Crippen LogP contribution in [-0.2, 0) is 6.42 Å². The van der Waals surface area contributed by atoms with Crippen LogP contribution in [0.5, 0.6) is 0 Å². The number of rotatable bonds is 4. The Morgan fingerprint density at radius 2 is 1.11 bits per heavy atom. The van der Waals surface area contributed by atoms with Crippen molar-refractivity contribution in [1.29, 1.82) is 0 Å². The first-order valence-corrected chi connectivity index (χ1v) is 9.07. The summed E-state index contributed by atoms with van der Waals surface area (Å²) < 4.78 is 0. The topological polar surface area (TPSA) is 83.7 Å². The third-order valence-electron chi connectivity index (χ3n) is 4.88. The fourth-order valence-corrected chi connectivity index (χ4v) is 3.14. The molecule has 0 spiro atoms. The van der Waals surface area contributed by atoms with Crippen LogP contribution in [0.3, 0.4) is 0 Å². The molecule has 1 fully saturated rings. The van der Waals surface area contributed by atoms with E-state index in [1.165, 1.54) is 5.56 Å². The van der Waals surface area contributed by atoms with Crippen molar-refractivity contribution in [3.63, 3.8) is 0 Å². The fourth-order valence-electron chi connectivity index (χ4n) is 3.14. The molecule has 6 heteroatoms. The average Bonchev–Trinajstić information content (AvgIpc) is 2.73. The van der Waals surface area contributed by atoms with Gasteiger partial charge in [0, 0.05) is 42.9 Å². The van der Waals surface area contributed by atoms with E-state index in [9.17, 15) is 14.4 Å². The molecule has 6 nitrogen and oxygen atoms in total. The number of nitrogens with two attached hydrogens (primary N) is 1. The number of primary amides is 1. The molecule has 2 aromatic rings. The standard InChI is InChI=1S/C21H23N3O3/c1-2-15-3-5-17(6-4-15)20(26)23-11-13-24(14-12-23)21(27)18-9-7-16(8-10-18)19(22)25/h3-10H,2,11-14H2,1H3,(H2,22,25). The highest BCUT2D eigenvalue weighted by molar-refractivity contribution is 5.97. The van der Waals surface area contributed by atoms with Crippen molar-refractivity contribution >= 4 is 17.7 Å². The third-order valence-corrected chi connectivity index (χ3v) is 4.88. The van der Waals surface area contributed by atoms with Gasteiger partial charge in [-0.15, -0.1) is 0 Å². The summed E-state index contributed by atoms with van der Waals surface area (Å²) in [6.07, 6.45) is 0.940. The molecular weight excluding hydrogens is 342 g/mol. The largest absolute Gasteiger partial charge is 0.366 e. The molecule has 0 bridgehead atoms. The van der Waals surface area contributed by atoms with E-state index in [0.29, 0.717) is 42.9 Å². The Labute approximate surface area is 158 Å². The van der Waals surface area contributed by atoms with Gasteiger partial charge in [-0.1, -0.05) is 19.1 Å². The number of benzene rings is 2. The average molecular weight is 365 g/mol. The molecule has 0 saturated carbocycles. The zero-order valence-corrected chi connectivity index (χ0v) is 15.4. The molecule has 0 aliphatic carbocycles. The van der Waals surface area contributed by atoms with Gasteiger partial charge in [-0.25, -0.2) is 0 Å². The molecule has 2 aromatic carbocycles. The van der Waals surface area contributed by atoms with Crippen LogP contribution in [0.15, 0.2) is 48.5 Å². The summed E-state index contributed by atoms with van der Waals surface area (Å²) in [5.41, 5.74) is 7.97. The number of carbonyl (C=O) groups is 3. The lowest BCUT2D eigenvalue weighted by Crippen LogP contribution is -2.50. The van der Waals surface area contributed by atoms with Crippen molar-refractivity contribution < 1.29 is 14.4 Å². The number of hydrogen-bond donors (Lipinski definition) is 1. The summed E-state index contributed by atoms with van der Waals surface area (Å²) in [4.78, 5) is 39.9. The van der Waals surface area contributed by atoms with E-state index in [-0.39, 0.29) is 11.8 Å². The van der Waals surface area contributed by atoms with E-state index in [1.807, 2.05) is 24.3 Å². The number of piperazine rings is 1. The minimum atomic E-state index is -0.520.